The largest absolute Gasteiger partial charge is 0.348 e. The van der Waals surface area contributed by atoms with E-state index in [1.807, 2.05) is 6.92 Å². The fourth-order valence-electron chi connectivity index (χ4n) is 5.08. The smallest absolute Gasteiger partial charge is 0.270 e. The molecule has 2 aromatic rings. The first-order valence-corrected chi connectivity index (χ1v) is 12.0. The summed E-state index contributed by atoms with van der Waals surface area (Å²) in [4.78, 5) is 46.7. The Labute approximate surface area is 201 Å². The maximum atomic E-state index is 13.8. The zero-order valence-electron chi connectivity index (χ0n) is 18.9. The summed E-state index contributed by atoms with van der Waals surface area (Å²) in [5, 5.41) is 2.96. The van der Waals surface area contributed by atoms with Crippen LogP contribution in [-0.2, 0) is 4.79 Å². The molecule has 1 aliphatic heterocycles. The molecule has 1 spiro atoms. The number of rotatable bonds is 6. The molecule has 2 heterocycles. The summed E-state index contributed by atoms with van der Waals surface area (Å²) in [7, 11) is 0. The number of amides is 2. The van der Waals surface area contributed by atoms with Gasteiger partial charge in [0.2, 0.25) is 5.91 Å². The number of hydrogen-bond acceptors (Lipinski definition) is 4. The van der Waals surface area contributed by atoms with Crippen LogP contribution in [-0.4, -0.2) is 40.2 Å². The van der Waals surface area contributed by atoms with Crippen molar-refractivity contribution in [2.75, 3.05) is 11.4 Å². The molecule has 1 aromatic carbocycles. The summed E-state index contributed by atoms with van der Waals surface area (Å²) in [5.74, 6) is -2.81. The molecule has 4 rings (SSSR count). The highest BCUT2D eigenvalue weighted by Crippen LogP contribution is 2.46. The highest BCUT2D eigenvalue weighted by molar-refractivity contribution is 6.33. The molecule has 2 amide bonds. The van der Waals surface area contributed by atoms with E-state index in [1.165, 1.54) is 11.2 Å². The number of H-pyrrole nitrogens is 1. The summed E-state index contributed by atoms with van der Waals surface area (Å²) >= 11 is 6.13. The number of nitrogens with zero attached hydrogens (tertiary/aromatic N) is 2. The van der Waals surface area contributed by atoms with Gasteiger partial charge in [0.05, 0.1) is 17.0 Å². The van der Waals surface area contributed by atoms with Crippen LogP contribution in [0.3, 0.4) is 0 Å². The first-order valence-electron chi connectivity index (χ1n) is 11.6. The van der Waals surface area contributed by atoms with Crippen LogP contribution in [0.25, 0.3) is 0 Å². The number of benzene rings is 1. The molecule has 2 N–H and O–H groups in total. The number of piperidine rings is 1. The van der Waals surface area contributed by atoms with E-state index in [1.54, 1.807) is 0 Å². The summed E-state index contributed by atoms with van der Waals surface area (Å²) < 4.78 is 27.4. The van der Waals surface area contributed by atoms with Gasteiger partial charge in [0.25, 0.3) is 5.91 Å². The minimum atomic E-state index is -1.05. The van der Waals surface area contributed by atoms with Gasteiger partial charge in [-0.15, -0.1) is 0 Å². The summed E-state index contributed by atoms with van der Waals surface area (Å²) in [6.45, 7) is 2.27. The monoisotopic (exact) mass is 492 g/mol. The van der Waals surface area contributed by atoms with E-state index < -0.39 is 17.0 Å². The number of halogens is 3. The number of Topliss-reactive ketones (excluding diaryl/α,β-unsaturated/α-hetero) is 1. The minimum absolute atomic E-state index is 0.00164. The Hall–Kier alpha value is -2.81. The second-order valence-electron chi connectivity index (χ2n) is 9.11. The molecule has 0 bridgehead atoms. The van der Waals surface area contributed by atoms with E-state index in [0.717, 1.165) is 18.6 Å². The van der Waals surface area contributed by atoms with Crippen LogP contribution < -0.4 is 10.2 Å². The molecule has 10 heteroatoms. The number of aromatic nitrogens is 2. The lowest BCUT2D eigenvalue weighted by molar-refractivity contribution is -0.132. The molecular weight excluding hydrogens is 466 g/mol. The molecule has 1 saturated carbocycles. The van der Waals surface area contributed by atoms with Gasteiger partial charge in [-0.25, -0.2) is 13.8 Å². The lowest BCUT2D eigenvalue weighted by atomic mass is 9.67. The molecule has 1 aliphatic carbocycles. The molecule has 182 valence electrons. The number of aromatic amines is 1. The third kappa shape index (κ3) is 4.58. The lowest BCUT2D eigenvalue weighted by Crippen LogP contribution is -2.52. The number of hydrogen-bond donors (Lipinski definition) is 2. The summed E-state index contributed by atoms with van der Waals surface area (Å²) in [5.41, 5.74) is -0.132. The van der Waals surface area contributed by atoms with Crippen LogP contribution in [0.15, 0.2) is 18.5 Å². The highest BCUT2D eigenvalue weighted by Gasteiger charge is 2.47. The number of ketones is 1. The third-order valence-electron chi connectivity index (χ3n) is 6.90. The quantitative estimate of drug-likeness (QED) is 0.447. The van der Waals surface area contributed by atoms with Crippen molar-refractivity contribution in [3.8, 4) is 0 Å². The van der Waals surface area contributed by atoms with Crippen LogP contribution in [0.5, 0.6) is 0 Å². The predicted molar refractivity (Wildman–Crippen MR) is 123 cm³/mol. The first-order chi connectivity index (χ1) is 16.3. The fraction of sp³-hybridized carbons (Fsp3) is 0.500. The second kappa shape index (κ2) is 9.82. The van der Waals surface area contributed by atoms with Crippen LogP contribution in [0.4, 0.5) is 14.5 Å². The molecule has 2 aliphatic rings. The van der Waals surface area contributed by atoms with Gasteiger partial charge >= 0.3 is 0 Å². The number of carbonyl (C=O) groups is 3. The van der Waals surface area contributed by atoms with Crippen LogP contribution in [0.1, 0.15) is 79.3 Å². The van der Waals surface area contributed by atoms with Gasteiger partial charge < -0.3 is 15.2 Å². The zero-order chi connectivity index (χ0) is 24.5. The Bertz CT molecular complexity index is 1110. The fourth-order valence-corrected chi connectivity index (χ4v) is 5.33. The summed E-state index contributed by atoms with van der Waals surface area (Å²) in [6.07, 6.45) is 6.02. The zero-order valence-corrected chi connectivity index (χ0v) is 19.7. The van der Waals surface area contributed by atoms with Crippen molar-refractivity contribution >= 4 is 34.9 Å². The maximum Gasteiger partial charge on any atom is 0.270 e. The molecule has 1 aromatic heterocycles. The van der Waals surface area contributed by atoms with E-state index in [4.69, 9.17) is 11.6 Å². The Morgan fingerprint density at radius 3 is 2.65 bits per heavy atom. The Balaban J connectivity index is 1.42. The molecule has 7 nitrogen and oxygen atoms in total. The average Bonchev–Trinajstić information content (AvgIpc) is 3.30. The standard InChI is InChI=1S/C24H27ClF2N4O3/c1-2-4-19(32)20-21(29-13-28-20)22(33)30-14-5-8-24(9-6-14)7-3-10-31(23(24)34)18-12-17(27)16(26)11-15(18)25/h11-14H,2-10H2,1H3,(H,28,29)(H,30,33). The Kier molecular flexibility index (Phi) is 7.02. The maximum absolute atomic E-state index is 13.8. The Morgan fingerprint density at radius 2 is 1.94 bits per heavy atom. The van der Waals surface area contributed by atoms with Crippen molar-refractivity contribution in [3.63, 3.8) is 0 Å². The van der Waals surface area contributed by atoms with Crippen LogP contribution in [0.2, 0.25) is 5.02 Å². The van der Waals surface area contributed by atoms with Crippen molar-refractivity contribution in [2.45, 2.75) is 64.3 Å². The average molecular weight is 493 g/mol. The topological polar surface area (TPSA) is 95.2 Å². The lowest BCUT2D eigenvalue weighted by Gasteiger charge is -2.45. The predicted octanol–water partition coefficient (Wildman–Crippen LogP) is 4.81. The van der Waals surface area contributed by atoms with Gasteiger partial charge in [0.15, 0.2) is 17.4 Å². The number of imidazole rings is 1. The van der Waals surface area contributed by atoms with E-state index in [-0.39, 0.29) is 45.7 Å². The molecular formula is C24H27ClF2N4O3. The van der Waals surface area contributed by atoms with Gasteiger partial charge in [-0.1, -0.05) is 18.5 Å². The summed E-state index contributed by atoms with van der Waals surface area (Å²) in [6, 6.07) is 1.72. The van der Waals surface area contributed by atoms with Crippen LogP contribution >= 0.6 is 11.6 Å². The van der Waals surface area contributed by atoms with Crippen molar-refractivity contribution in [1.29, 1.82) is 0 Å². The molecule has 0 radical (unpaired) electrons. The number of anilines is 1. The van der Waals surface area contributed by atoms with Gasteiger partial charge in [0, 0.05) is 30.5 Å². The van der Waals surface area contributed by atoms with E-state index >= 15 is 0 Å². The van der Waals surface area contributed by atoms with E-state index in [9.17, 15) is 23.2 Å². The van der Waals surface area contributed by atoms with E-state index in [2.05, 4.69) is 15.3 Å². The van der Waals surface area contributed by atoms with Crippen molar-refractivity contribution in [2.24, 2.45) is 5.41 Å². The SMILES string of the molecule is CCCC(=O)c1nc[nH]c1C(=O)NC1CCC2(CCCN(c3cc(F)c(F)cc3Cl)C2=O)CC1. The normalized spacial score (nSPS) is 22.8. The van der Waals surface area contributed by atoms with Crippen LogP contribution in [0, 0.1) is 17.0 Å². The van der Waals surface area contributed by atoms with Gasteiger partial charge in [-0.05, 0) is 51.0 Å². The van der Waals surface area contributed by atoms with Gasteiger partial charge in [-0.2, -0.15) is 0 Å². The third-order valence-corrected chi connectivity index (χ3v) is 7.20. The van der Waals surface area contributed by atoms with Gasteiger partial charge in [0.1, 0.15) is 11.4 Å². The minimum Gasteiger partial charge on any atom is -0.348 e. The van der Waals surface area contributed by atoms with E-state index in [0.29, 0.717) is 51.5 Å². The van der Waals surface area contributed by atoms with Crippen molar-refractivity contribution in [3.05, 3.63) is 46.5 Å². The number of nitrogens with one attached hydrogen (secondary N) is 2. The Morgan fingerprint density at radius 1 is 1.24 bits per heavy atom. The molecule has 34 heavy (non-hydrogen) atoms. The van der Waals surface area contributed by atoms with Crippen molar-refractivity contribution in [1.82, 2.24) is 15.3 Å². The molecule has 0 unspecified atom stereocenters. The second-order valence-corrected chi connectivity index (χ2v) is 9.51. The molecule has 2 fully saturated rings. The highest BCUT2D eigenvalue weighted by atomic mass is 35.5. The van der Waals surface area contributed by atoms with Crippen molar-refractivity contribution < 1.29 is 23.2 Å². The molecule has 0 atom stereocenters. The molecule has 1 saturated heterocycles. The number of carbonyl (C=O) groups excluding carboxylic acids is 3. The first kappa shape index (κ1) is 24.3. The van der Waals surface area contributed by atoms with Gasteiger partial charge in [-0.3, -0.25) is 14.4 Å².